The Labute approximate surface area is 215 Å². The summed E-state index contributed by atoms with van der Waals surface area (Å²) in [5.74, 6) is 0.504. The number of carbonyl (C=O) groups is 1. The lowest BCUT2D eigenvalue weighted by Gasteiger charge is -2.14. The molecule has 0 amide bonds. The minimum absolute atomic E-state index is 0.136. The Bertz CT molecular complexity index is 1260. The van der Waals surface area contributed by atoms with Crippen LogP contribution >= 0.6 is 45.8 Å². The van der Waals surface area contributed by atoms with Crippen molar-refractivity contribution in [2.75, 3.05) is 6.61 Å². The maximum atomic E-state index is 12.4. The lowest BCUT2D eigenvalue weighted by molar-refractivity contribution is -0.129. The highest BCUT2D eigenvalue weighted by molar-refractivity contribution is 14.1. The number of cyclic esters (lactones) is 1. The molecule has 0 unspecified atom stereocenters. The van der Waals surface area contributed by atoms with Gasteiger partial charge in [-0.3, -0.25) is 0 Å². The van der Waals surface area contributed by atoms with Gasteiger partial charge in [-0.2, -0.15) is 0 Å². The number of nitrogens with zero attached hydrogens (tertiary/aromatic N) is 1. The predicted molar refractivity (Wildman–Crippen MR) is 138 cm³/mol. The Kier molecular flexibility index (Phi) is 7.57. The minimum Gasteiger partial charge on any atom is -0.490 e. The Morgan fingerprint density at radius 1 is 1.03 bits per heavy atom. The molecule has 0 saturated heterocycles. The lowest BCUT2D eigenvalue weighted by atomic mass is 10.1. The second kappa shape index (κ2) is 10.6. The molecule has 3 aromatic carbocycles. The van der Waals surface area contributed by atoms with E-state index < -0.39 is 5.97 Å². The number of rotatable bonds is 7. The minimum atomic E-state index is -0.571. The maximum absolute atomic E-state index is 12.4. The van der Waals surface area contributed by atoms with Crippen molar-refractivity contribution in [1.29, 1.82) is 0 Å². The summed E-state index contributed by atoms with van der Waals surface area (Å²) < 4.78 is 18.0. The van der Waals surface area contributed by atoms with Gasteiger partial charge in [0.25, 0.3) is 0 Å². The van der Waals surface area contributed by atoms with Crippen LogP contribution in [0, 0.1) is 3.57 Å². The summed E-state index contributed by atoms with van der Waals surface area (Å²) in [7, 11) is 0. The van der Waals surface area contributed by atoms with Gasteiger partial charge in [0.15, 0.2) is 17.2 Å². The Hall–Kier alpha value is -2.55. The molecule has 0 spiro atoms. The van der Waals surface area contributed by atoms with Crippen LogP contribution in [0.15, 0.2) is 71.4 Å². The first kappa shape index (κ1) is 23.6. The fourth-order valence-corrected chi connectivity index (χ4v) is 4.11. The summed E-state index contributed by atoms with van der Waals surface area (Å²) in [4.78, 5) is 16.8. The van der Waals surface area contributed by atoms with Crippen molar-refractivity contribution in [2.24, 2.45) is 4.99 Å². The molecule has 0 radical (unpaired) electrons. The third-order valence-electron chi connectivity index (χ3n) is 4.64. The maximum Gasteiger partial charge on any atom is 0.363 e. The molecule has 0 fully saturated rings. The molecule has 0 atom stereocenters. The fraction of sp³-hybridized carbons (Fsp3) is 0.120. The quantitative estimate of drug-likeness (QED) is 0.169. The summed E-state index contributed by atoms with van der Waals surface area (Å²) >= 11 is 14.9. The van der Waals surface area contributed by atoms with Crippen molar-refractivity contribution in [3.8, 4) is 11.5 Å². The van der Waals surface area contributed by atoms with E-state index in [2.05, 4.69) is 27.6 Å². The molecule has 5 nitrogen and oxygen atoms in total. The van der Waals surface area contributed by atoms with Gasteiger partial charge >= 0.3 is 5.97 Å². The highest BCUT2D eigenvalue weighted by Gasteiger charge is 2.26. The van der Waals surface area contributed by atoms with Gasteiger partial charge in [0, 0.05) is 3.57 Å². The van der Waals surface area contributed by atoms with Crippen LogP contribution in [0.3, 0.4) is 0 Å². The number of halogens is 3. The smallest absolute Gasteiger partial charge is 0.363 e. The molecule has 168 valence electrons. The molecule has 33 heavy (non-hydrogen) atoms. The van der Waals surface area contributed by atoms with Crippen molar-refractivity contribution in [1.82, 2.24) is 0 Å². The number of esters is 1. The number of carbonyl (C=O) groups excluding carboxylic acids is 1. The predicted octanol–water partition coefficient (Wildman–Crippen LogP) is 6.92. The van der Waals surface area contributed by atoms with E-state index >= 15 is 0 Å². The SMILES string of the molecule is CCOc1cc(C=C2N=C(c3cc(I)ccc3Cl)OC2=O)cc(Cl)c1OCc1ccccc1. The zero-order chi connectivity index (χ0) is 23.4. The first-order valence-electron chi connectivity index (χ1n) is 10.1. The molecular formula is C25H18Cl2INO4. The molecule has 0 N–H and O–H groups in total. The number of aliphatic imine (C=N–C) groups is 1. The van der Waals surface area contributed by atoms with Gasteiger partial charge in [0.05, 0.1) is 22.2 Å². The van der Waals surface area contributed by atoms with E-state index in [1.165, 1.54) is 0 Å². The number of hydrogen-bond donors (Lipinski definition) is 0. The molecule has 0 aromatic heterocycles. The van der Waals surface area contributed by atoms with E-state index in [9.17, 15) is 4.79 Å². The number of hydrogen-bond acceptors (Lipinski definition) is 5. The van der Waals surface area contributed by atoms with Crippen LogP contribution in [-0.4, -0.2) is 18.5 Å². The van der Waals surface area contributed by atoms with Gasteiger partial charge in [0.1, 0.15) is 6.61 Å². The Morgan fingerprint density at radius 2 is 1.82 bits per heavy atom. The average molecular weight is 594 g/mol. The standard InChI is InChI=1S/C25H18Cl2INO4/c1-2-31-22-12-16(10-20(27)23(22)32-14-15-6-4-3-5-7-15)11-21-25(30)33-24(29-21)18-13-17(28)8-9-19(18)26/h3-13H,2,14H2,1H3. The van der Waals surface area contributed by atoms with E-state index in [0.717, 1.165) is 9.13 Å². The van der Waals surface area contributed by atoms with Crippen LogP contribution in [-0.2, 0) is 16.1 Å². The molecule has 8 heteroatoms. The van der Waals surface area contributed by atoms with Gasteiger partial charge in [-0.1, -0.05) is 53.5 Å². The zero-order valence-corrected chi connectivity index (χ0v) is 21.1. The highest BCUT2D eigenvalue weighted by atomic mass is 127. The molecule has 0 aliphatic carbocycles. The average Bonchev–Trinajstić information content (AvgIpc) is 3.15. The summed E-state index contributed by atoms with van der Waals surface area (Å²) in [5.41, 5.74) is 2.32. The summed E-state index contributed by atoms with van der Waals surface area (Å²) in [5, 5.41) is 0.810. The van der Waals surface area contributed by atoms with Crippen LogP contribution in [0.25, 0.3) is 6.08 Å². The van der Waals surface area contributed by atoms with Crippen LogP contribution in [0.2, 0.25) is 10.0 Å². The van der Waals surface area contributed by atoms with E-state index in [4.69, 9.17) is 37.4 Å². The molecule has 0 saturated carbocycles. The molecule has 1 aliphatic heterocycles. The number of benzene rings is 3. The summed E-state index contributed by atoms with van der Waals surface area (Å²) in [6.07, 6.45) is 1.59. The lowest BCUT2D eigenvalue weighted by Crippen LogP contribution is -2.06. The van der Waals surface area contributed by atoms with Crippen LogP contribution in [0.1, 0.15) is 23.6 Å². The highest BCUT2D eigenvalue weighted by Crippen LogP contribution is 2.38. The van der Waals surface area contributed by atoms with Crippen molar-refractivity contribution >= 4 is 63.7 Å². The summed E-state index contributed by atoms with van der Waals surface area (Å²) in [6.45, 7) is 2.64. The van der Waals surface area contributed by atoms with Crippen LogP contribution < -0.4 is 9.47 Å². The van der Waals surface area contributed by atoms with Crippen molar-refractivity contribution in [3.05, 3.63) is 96.7 Å². The first-order valence-corrected chi connectivity index (χ1v) is 11.9. The second-order valence-electron chi connectivity index (χ2n) is 7.00. The zero-order valence-electron chi connectivity index (χ0n) is 17.5. The van der Waals surface area contributed by atoms with Crippen molar-refractivity contribution < 1.29 is 19.0 Å². The van der Waals surface area contributed by atoms with E-state index in [1.807, 2.05) is 43.3 Å². The molecule has 0 bridgehead atoms. The fourth-order valence-electron chi connectivity index (χ4n) is 3.15. The largest absolute Gasteiger partial charge is 0.490 e. The molecule has 3 aromatic rings. The van der Waals surface area contributed by atoms with E-state index in [-0.39, 0.29) is 11.6 Å². The van der Waals surface area contributed by atoms with E-state index in [1.54, 1.807) is 30.3 Å². The third-order valence-corrected chi connectivity index (χ3v) is 5.92. The van der Waals surface area contributed by atoms with Gasteiger partial charge in [-0.05, 0) is 77.0 Å². The van der Waals surface area contributed by atoms with Gasteiger partial charge < -0.3 is 14.2 Å². The van der Waals surface area contributed by atoms with Crippen molar-refractivity contribution in [2.45, 2.75) is 13.5 Å². The first-order chi connectivity index (χ1) is 15.9. The Balaban J connectivity index is 1.64. The van der Waals surface area contributed by atoms with Gasteiger partial charge in [-0.25, -0.2) is 9.79 Å². The Morgan fingerprint density at radius 3 is 2.58 bits per heavy atom. The van der Waals surface area contributed by atoms with Crippen LogP contribution in [0.5, 0.6) is 11.5 Å². The van der Waals surface area contributed by atoms with Gasteiger partial charge in [0.2, 0.25) is 5.90 Å². The van der Waals surface area contributed by atoms with Gasteiger partial charge in [-0.15, -0.1) is 0 Å². The third kappa shape index (κ3) is 5.69. The molecular weight excluding hydrogens is 576 g/mol. The summed E-state index contributed by atoms with van der Waals surface area (Å²) in [6, 6.07) is 18.6. The van der Waals surface area contributed by atoms with Crippen molar-refractivity contribution in [3.63, 3.8) is 0 Å². The number of ether oxygens (including phenoxy) is 3. The van der Waals surface area contributed by atoms with E-state index in [0.29, 0.717) is 45.9 Å². The second-order valence-corrected chi connectivity index (χ2v) is 9.06. The topological polar surface area (TPSA) is 57.1 Å². The molecule has 1 aliphatic rings. The monoisotopic (exact) mass is 593 g/mol. The normalized spacial score (nSPS) is 14.2. The molecule has 4 rings (SSSR count). The molecule has 1 heterocycles. The van der Waals surface area contributed by atoms with Crippen LogP contribution in [0.4, 0.5) is 0 Å².